The summed E-state index contributed by atoms with van der Waals surface area (Å²) in [4.78, 5) is 18.9. The molecule has 1 aromatic rings. The van der Waals surface area contributed by atoms with Crippen molar-refractivity contribution < 1.29 is 0 Å². The zero-order valence-electron chi connectivity index (χ0n) is 12.0. The van der Waals surface area contributed by atoms with E-state index in [9.17, 15) is 4.79 Å². The van der Waals surface area contributed by atoms with E-state index < -0.39 is 0 Å². The van der Waals surface area contributed by atoms with Crippen LogP contribution in [0.3, 0.4) is 0 Å². The molecular formula is C14H23N3OS. The summed E-state index contributed by atoms with van der Waals surface area (Å²) in [7, 11) is 0. The van der Waals surface area contributed by atoms with Gasteiger partial charge in [0.15, 0.2) is 0 Å². The van der Waals surface area contributed by atoms with Crippen molar-refractivity contribution >= 4 is 17.6 Å². The van der Waals surface area contributed by atoms with Crippen LogP contribution in [-0.4, -0.2) is 27.5 Å². The van der Waals surface area contributed by atoms with Crippen LogP contribution in [0, 0.1) is 0 Å². The Balaban J connectivity index is 2.09. The number of hydrogen-bond acceptors (Lipinski definition) is 4. The molecule has 106 valence electrons. The van der Waals surface area contributed by atoms with Crippen LogP contribution >= 0.6 is 11.8 Å². The molecule has 19 heavy (non-hydrogen) atoms. The normalized spacial score (nSPS) is 17.9. The predicted octanol–water partition coefficient (Wildman–Crippen LogP) is 2.98. The Morgan fingerprint density at radius 1 is 1.47 bits per heavy atom. The van der Waals surface area contributed by atoms with Crippen LogP contribution in [-0.2, 0) is 0 Å². The summed E-state index contributed by atoms with van der Waals surface area (Å²) in [6.07, 6.45) is 7.30. The van der Waals surface area contributed by atoms with Gasteiger partial charge in [-0.1, -0.05) is 26.7 Å². The van der Waals surface area contributed by atoms with Gasteiger partial charge in [0.2, 0.25) is 0 Å². The van der Waals surface area contributed by atoms with Crippen LogP contribution in [0.1, 0.15) is 51.3 Å². The van der Waals surface area contributed by atoms with Crippen molar-refractivity contribution in [1.82, 2.24) is 9.97 Å². The van der Waals surface area contributed by atoms with Gasteiger partial charge in [-0.25, -0.2) is 4.98 Å². The van der Waals surface area contributed by atoms with E-state index in [1.165, 1.54) is 25.7 Å². The number of H-pyrrole nitrogens is 1. The third-order valence-corrected chi connectivity index (χ3v) is 5.26. The van der Waals surface area contributed by atoms with Gasteiger partial charge >= 0.3 is 0 Å². The fraction of sp³-hybridized carbons (Fsp3) is 0.714. The van der Waals surface area contributed by atoms with Crippen LogP contribution in [0.25, 0.3) is 0 Å². The van der Waals surface area contributed by atoms with Crippen molar-refractivity contribution in [3.05, 3.63) is 22.2 Å². The fourth-order valence-corrected chi connectivity index (χ4v) is 3.48. The van der Waals surface area contributed by atoms with Gasteiger partial charge in [-0.3, -0.25) is 4.79 Å². The van der Waals surface area contributed by atoms with E-state index in [4.69, 9.17) is 0 Å². The fourth-order valence-electron chi connectivity index (χ4n) is 2.56. The molecule has 1 fully saturated rings. The second-order valence-corrected chi connectivity index (χ2v) is 6.89. The molecule has 0 aliphatic heterocycles. The molecule has 1 aliphatic rings. The molecule has 1 aliphatic carbocycles. The number of aromatic nitrogens is 2. The summed E-state index contributed by atoms with van der Waals surface area (Å²) < 4.78 is 0.322. The Labute approximate surface area is 118 Å². The minimum absolute atomic E-state index is 0.0779. The highest BCUT2D eigenvalue weighted by atomic mass is 32.2. The lowest BCUT2D eigenvalue weighted by molar-refractivity contribution is 0.637. The molecule has 0 amide bonds. The van der Waals surface area contributed by atoms with E-state index in [2.05, 4.69) is 21.5 Å². The second-order valence-electron chi connectivity index (χ2n) is 5.62. The summed E-state index contributed by atoms with van der Waals surface area (Å²) >= 11 is 1.94. The maximum atomic E-state index is 11.6. The van der Waals surface area contributed by atoms with Gasteiger partial charge in [0.25, 0.3) is 5.56 Å². The molecule has 4 nitrogen and oxygen atoms in total. The van der Waals surface area contributed by atoms with Crippen molar-refractivity contribution in [3.8, 4) is 0 Å². The highest BCUT2D eigenvalue weighted by Crippen LogP contribution is 2.40. The number of nitrogens with one attached hydrogen (secondary N) is 2. The van der Waals surface area contributed by atoms with Crippen LogP contribution in [0.5, 0.6) is 0 Å². The lowest BCUT2D eigenvalue weighted by Gasteiger charge is -2.27. The Kier molecular flexibility index (Phi) is 4.55. The predicted molar refractivity (Wildman–Crippen MR) is 82.2 cm³/mol. The monoisotopic (exact) mass is 281 g/mol. The van der Waals surface area contributed by atoms with Crippen molar-refractivity contribution in [2.75, 3.05) is 18.1 Å². The van der Waals surface area contributed by atoms with Gasteiger partial charge in [0.05, 0.1) is 0 Å². The Hall–Kier alpha value is -0.970. The molecule has 0 spiro atoms. The van der Waals surface area contributed by atoms with Gasteiger partial charge in [-0.2, -0.15) is 11.8 Å². The zero-order chi connectivity index (χ0) is 13.9. The summed E-state index contributed by atoms with van der Waals surface area (Å²) in [5.74, 6) is 1.68. The molecule has 0 saturated heterocycles. The highest BCUT2D eigenvalue weighted by molar-refractivity contribution is 8.00. The van der Waals surface area contributed by atoms with Crippen LogP contribution < -0.4 is 10.9 Å². The number of rotatable bonds is 5. The Morgan fingerprint density at radius 3 is 2.74 bits per heavy atom. The number of hydrogen-bond donors (Lipinski definition) is 2. The lowest BCUT2D eigenvalue weighted by atomic mass is 10.1. The molecule has 0 atom stereocenters. The lowest BCUT2D eigenvalue weighted by Crippen LogP contribution is -2.30. The standard InChI is InChI=1S/C14H23N3OS/c1-10(2)13-16-11(8-12(18)17-13)15-9-14(19-3)6-4-5-7-14/h8,10H,4-7,9H2,1-3H3,(H2,15,16,17,18). The molecule has 1 heterocycles. The maximum absolute atomic E-state index is 11.6. The number of thioether (sulfide) groups is 1. The summed E-state index contributed by atoms with van der Waals surface area (Å²) in [6.45, 7) is 4.95. The Morgan fingerprint density at radius 2 is 2.16 bits per heavy atom. The van der Waals surface area contributed by atoms with E-state index in [0.29, 0.717) is 10.6 Å². The van der Waals surface area contributed by atoms with Crippen molar-refractivity contribution in [3.63, 3.8) is 0 Å². The highest BCUT2D eigenvalue weighted by Gasteiger charge is 2.32. The quantitative estimate of drug-likeness (QED) is 0.871. The van der Waals surface area contributed by atoms with E-state index in [1.54, 1.807) is 6.07 Å². The minimum Gasteiger partial charge on any atom is -0.368 e. The third-order valence-electron chi connectivity index (χ3n) is 3.85. The van der Waals surface area contributed by atoms with E-state index >= 15 is 0 Å². The minimum atomic E-state index is -0.0779. The second kappa shape index (κ2) is 5.99. The van der Waals surface area contributed by atoms with Crippen molar-refractivity contribution in [2.24, 2.45) is 0 Å². The average Bonchev–Trinajstić information content (AvgIpc) is 2.85. The number of aromatic amines is 1. The molecule has 0 bridgehead atoms. The van der Waals surface area contributed by atoms with E-state index in [-0.39, 0.29) is 11.5 Å². The molecule has 2 N–H and O–H groups in total. The molecular weight excluding hydrogens is 258 g/mol. The molecule has 5 heteroatoms. The van der Waals surface area contributed by atoms with Gasteiger partial charge in [-0.05, 0) is 19.1 Å². The van der Waals surface area contributed by atoms with Crippen LogP contribution in [0.4, 0.5) is 5.82 Å². The number of nitrogens with zero attached hydrogens (tertiary/aromatic N) is 1. The first-order valence-electron chi connectivity index (χ1n) is 6.95. The average molecular weight is 281 g/mol. The first kappa shape index (κ1) is 14.4. The first-order chi connectivity index (χ1) is 9.04. The zero-order valence-corrected chi connectivity index (χ0v) is 12.8. The maximum Gasteiger partial charge on any atom is 0.252 e. The molecule has 0 radical (unpaired) electrons. The molecule has 2 rings (SSSR count). The smallest absolute Gasteiger partial charge is 0.252 e. The van der Waals surface area contributed by atoms with Crippen LogP contribution in [0.2, 0.25) is 0 Å². The van der Waals surface area contributed by atoms with Gasteiger partial charge < -0.3 is 10.3 Å². The summed E-state index contributed by atoms with van der Waals surface area (Å²) in [5, 5.41) is 3.36. The van der Waals surface area contributed by atoms with E-state index in [1.807, 2.05) is 25.6 Å². The number of anilines is 1. The molecule has 1 saturated carbocycles. The first-order valence-corrected chi connectivity index (χ1v) is 8.17. The largest absolute Gasteiger partial charge is 0.368 e. The molecule has 0 unspecified atom stereocenters. The van der Waals surface area contributed by atoms with Gasteiger partial charge in [-0.15, -0.1) is 0 Å². The summed E-state index contributed by atoms with van der Waals surface area (Å²) in [5.41, 5.74) is -0.0779. The van der Waals surface area contributed by atoms with Gasteiger partial charge in [0, 0.05) is 23.3 Å². The topological polar surface area (TPSA) is 57.8 Å². The molecule has 0 aromatic carbocycles. The van der Waals surface area contributed by atoms with Crippen molar-refractivity contribution in [1.29, 1.82) is 0 Å². The van der Waals surface area contributed by atoms with Crippen LogP contribution in [0.15, 0.2) is 10.9 Å². The molecule has 1 aromatic heterocycles. The Bertz CT molecular complexity index is 478. The third kappa shape index (κ3) is 3.53. The van der Waals surface area contributed by atoms with Gasteiger partial charge in [0.1, 0.15) is 11.6 Å². The van der Waals surface area contributed by atoms with E-state index in [0.717, 1.165) is 12.4 Å². The summed E-state index contributed by atoms with van der Waals surface area (Å²) in [6, 6.07) is 1.55. The SMILES string of the molecule is CSC1(CNc2cc(=O)[nH]c(C(C)C)n2)CCCC1. The van der Waals surface area contributed by atoms with Crippen molar-refractivity contribution in [2.45, 2.75) is 50.2 Å².